The number of rotatable bonds is 6. The van der Waals surface area contributed by atoms with E-state index in [-0.39, 0.29) is 5.91 Å². The van der Waals surface area contributed by atoms with Gasteiger partial charge in [0.1, 0.15) is 0 Å². The number of amides is 1. The van der Waals surface area contributed by atoms with Gasteiger partial charge in [-0.05, 0) is 13.1 Å². The maximum absolute atomic E-state index is 12.1. The Morgan fingerprint density at radius 2 is 1.78 bits per heavy atom. The number of piperazine rings is 1. The third kappa shape index (κ3) is 5.08. The lowest BCUT2D eigenvalue weighted by molar-refractivity contribution is -0.134. The molecule has 0 unspecified atom stereocenters. The van der Waals surface area contributed by atoms with Crippen molar-refractivity contribution in [3.8, 4) is 0 Å². The third-order valence-electron chi connectivity index (χ3n) is 3.37. The second-order valence-electron chi connectivity index (χ2n) is 4.64. The molecule has 1 heterocycles. The van der Waals surface area contributed by atoms with E-state index < -0.39 is 0 Å². The van der Waals surface area contributed by atoms with Crippen molar-refractivity contribution < 1.29 is 4.79 Å². The number of hydrogen-bond donors (Lipinski definition) is 0. The molecule has 1 fully saturated rings. The van der Waals surface area contributed by atoms with Crippen LogP contribution in [0, 0.1) is 0 Å². The molecule has 0 radical (unpaired) electrons. The predicted octanol–water partition coefficient (Wildman–Crippen LogP) is 1.38. The van der Waals surface area contributed by atoms with E-state index in [4.69, 9.17) is 0 Å². The van der Waals surface area contributed by atoms with Crippen LogP contribution < -0.4 is 0 Å². The van der Waals surface area contributed by atoms with Crippen LogP contribution in [-0.4, -0.2) is 73.0 Å². The molecule has 1 amide bonds. The molecule has 0 bridgehead atoms. The molecule has 1 saturated heterocycles. The van der Waals surface area contributed by atoms with Gasteiger partial charge in [0.15, 0.2) is 0 Å². The standard InChI is InChI=1S/C13H24BrN3O/c1-4-15(5-2)11-13(18)17-8-6-16(7-9-17)10-12(3)14/h3-11H2,1-2H3. The molecular formula is C13H24BrN3O. The Balaban J connectivity index is 2.33. The number of nitrogens with zero attached hydrogens (tertiary/aromatic N) is 3. The van der Waals surface area contributed by atoms with Gasteiger partial charge in [-0.15, -0.1) is 0 Å². The third-order valence-corrected chi connectivity index (χ3v) is 3.62. The number of carbonyl (C=O) groups is 1. The van der Waals surface area contributed by atoms with Gasteiger partial charge < -0.3 is 4.90 Å². The average molecular weight is 318 g/mol. The van der Waals surface area contributed by atoms with Crippen molar-refractivity contribution in [1.82, 2.24) is 14.7 Å². The summed E-state index contributed by atoms with van der Waals surface area (Å²) in [7, 11) is 0. The Kier molecular flexibility index (Phi) is 6.89. The van der Waals surface area contributed by atoms with Crippen LogP contribution in [0.25, 0.3) is 0 Å². The van der Waals surface area contributed by atoms with E-state index in [2.05, 4.69) is 46.2 Å². The highest BCUT2D eigenvalue weighted by atomic mass is 79.9. The monoisotopic (exact) mass is 317 g/mol. The zero-order valence-electron chi connectivity index (χ0n) is 11.5. The van der Waals surface area contributed by atoms with E-state index in [0.29, 0.717) is 6.54 Å². The maximum Gasteiger partial charge on any atom is 0.236 e. The van der Waals surface area contributed by atoms with Crippen LogP contribution in [-0.2, 0) is 4.79 Å². The fourth-order valence-electron chi connectivity index (χ4n) is 2.14. The molecular weight excluding hydrogens is 294 g/mol. The molecule has 1 aliphatic rings. The summed E-state index contributed by atoms with van der Waals surface area (Å²) in [5.74, 6) is 0.260. The van der Waals surface area contributed by atoms with Crippen LogP contribution in [0.15, 0.2) is 11.1 Å². The first-order valence-corrected chi connectivity index (χ1v) is 7.41. The summed E-state index contributed by atoms with van der Waals surface area (Å²) in [5.41, 5.74) is 0. The van der Waals surface area contributed by atoms with Gasteiger partial charge in [0.2, 0.25) is 5.91 Å². The molecule has 0 spiro atoms. The minimum absolute atomic E-state index is 0.260. The Morgan fingerprint density at radius 1 is 1.22 bits per heavy atom. The lowest BCUT2D eigenvalue weighted by Gasteiger charge is -2.35. The van der Waals surface area contributed by atoms with Crippen molar-refractivity contribution in [2.75, 3.05) is 52.4 Å². The lowest BCUT2D eigenvalue weighted by Crippen LogP contribution is -2.51. The Labute approximate surface area is 119 Å². The molecule has 0 saturated carbocycles. The maximum atomic E-state index is 12.1. The number of likely N-dealkylation sites (N-methyl/N-ethyl adjacent to an activating group) is 1. The summed E-state index contributed by atoms with van der Waals surface area (Å²) in [5, 5.41) is 0. The average Bonchev–Trinajstić information content (AvgIpc) is 2.35. The minimum atomic E-state index is 0.260. The first-order chi connectivity index (χ1) is 8.56. The quantitative estimate of drug-likeness (QED) is 0.740. The smallest absolute Gasteiger partial charge is 0.236 e. The van der Waals surface area contributed by atoms with Gasteiger partial charge in [-0.3, -0.25) is 14.6 Å². The summed E-state index contributed by atoms with van der Waals surface area (Å²) >= 11 is 3.38. The first kappa shape index (κ1) is 15.7. The molecule has 1 rings (SSSR count). The summed E-state index contributed by atoms with van der Waals surface area (Å²) in [6.07, 6.45) is 0. The predicted molar refractivity (Wildman–Crippen MR) is 78.9 cm³/mol. The van der Waals surface area contributed by atoms with Crippen LogP contribution in [0.1, 0.15) is 13.8 Å². The van der Waals surface area contributed by atoms with Crippen molar-refractivity contribution in [2.24, 2.45) is 0 Å². The van der Waals surface area contributed by atoms with E-state index in [1.54, 1.807) is 0 Å². The number of hydrogen-bond acceptors (Lipinski definition) is 3. The van der Waals surface area contributed by atoms with E-state index in [9.17, 15) is 4.79 Å². The van der Waals surface area contributed by atoms with E-state index in [1.807, 2.05) is 4.90 Å². The van der Waals surface area contributed by atoms with Gasteiger partial charge in [0, 0.05) is 37.2 Å². The highest BCUT2D eigenvalue weighted by Gasteiger charge is 2.21. The topological polar surface area (TPSA) is 26.8 Å². The number of carbonyl (C=O) groups excluding carboxylic acids is 1. The van der Waals surface area contributed by atoms with Crippen LogP contribution >= 0.6 is 15.9 Å². The Bertz CT molecular complexity index is 284. The molecule has 0 atom stereocenters. The van der Waals surface area contributed by atoms with Gasteiger partial charge >= 0.3 is 0 Å². The SMILES string of the molecule is C=C(Br)CN1CCN(C(=O)CN(CC)CC)CC1. The second-order valence-corrected chi connectivity index (χ2v) is 5.76. The zero-order chi connectivity index (χ0) is 13.5. The van der Waals surface area contributed by atoms with E-state index in [1.165, 1.54) is 0 Å². The summed E-state index contributed by atoms with van der Waals surface area (Å²) in [4.78, 5) is 18.6. The fourth-order valence-corrected chi connectivity index (χ4v) is 2.49. The normalized spacial score (nSPS) is 17.2. The molecule has 18 heavy (non-hydrogen) atoms. The minimum Gasteiger partial charge on any atom is -0.339 e. The van der Waals surface area contributed by atoms with Crippen LogP contribution in [0.5, 0.6) is 0 Å². The largest absolute Gasteiger partial charge is 0.339 e. The van der Waals surface area contributed by atoms with Gasteiger partial charge in [-0.2, -0.15) is 0 Å². The van der Waals surface area contributed by atoms with Gasteiger partial charge in [-0.25, -0.2) is 0 Å². The Hall–Kier alpha value is -0.390. The number of halogens is 1. The molecule has 0 N–H and O–H groups in total. The molecule has 1 aliphatic heterocycles. The lowest BCUT2D eigenvalue weighted by atomic mass is 10.3. The van der Waals surface area contributed by atoms with Gasteiger partial charge in [0.25, 0.3) is 0 Å². The molecule has 4 nitrogen and oxygen atoms in total. The molecule has 0 aromatic carbocycles. The Morgan fingerprint density at radius 3 is 2.22 bits per heavy atom. The van der Waals surface area contributed by atoms with Gasteiger partial charge in [-0.1, -0.05) is 36.4 Å². The first-order valence-electron chi connectivity index (χ1n) is 6.62. The fraction of sp³-hybridized carbons (Fsp3) is 0.769. The van der Waals surface area contributed by atoms with Gasteiger partial charge in [0.05, 0.1) is 6.54 Å². The second kappa shape index (κ2) is 7.92. The van der Waals surface area contributed by atoms with Crippen LogP contribution in [0.2, 0.25) is 0 Å². The molecule has 0 aromatic heterocycles. The van der Waals surface area contributed by atoms with E-state index >= 15 is 0 Å². The highest BCUT2D eigenvalue weighted by molar-refractivity contribution is 9.11. The summed E-state index contributed by atoms with van der Waals surface area (Å²) < 4.78 is 1.01. The van der Waals surface area contributed by atoms with Crippen molar-refractivity contribution in [3.63, 3.8) is 0 Å². The van der Waals surface area contributed by atoms with Crippen molar-refractivity contribution in [2.45, 2.75) is 13.8 Å². The van der Waals surface area contributed by atoms with Crippen LogP contribution in [0.4, 0.5) is 0 Å². The van der Waals surface area contributed by atoms with Crippen LogP contribution in [0.3, 0.4) is 0 Å². The summed E-state index contributed by atoms with van der Waals surface area (Å²) in [6, 6.07) is 0. The molecule has 5 heteroatoms. The van der Waals surface area contributed by atoms with Crippen molar-refractivity contribution >= 4 is 21.8 Å². The zero-order valence-corrected chi connectivity index (χ0v) is 13.1. The van der Waals surface area contributed by atoms with Crippen molar-refractivity contribution in [3.05, 3.63) is 11.1 Å². The molecule has 104 valence electrons. The molecule has 0 aromatic rings. The van der Waals surface area contributed by atoms with E-state index in [0.717, 1.165) is 50.3 Å². The highest BCUT2D eigenvalue weighted by Crippen LogP contribution is 2.08. The summed E-state index contributed by atoms with van der Waals surface area (Å²) in [6.45, 7) is 14.9. The molecule has 0 aliphatic carbocycles. The van der Waals surface area contributed by atoms with Crippen molar-refractivity contribution in [1.29, 1.82) is 0 Å².